The molecular weight excluding hydrogens is 677 g/mol. The van der Waals surface area contributed by atoms with Crippen molar-refractivity contribution in [2.45, 2.75) is 0 Å². The highest BCUT2D eigenvalue weighted by atomic mass is 15.1. The quantitative estimate of drug-likeness (QED) is 0.152. The van der Waals surface area contributed by atoms with Gasteiger partial charge in [0.05, 0.1) is 22.4 Å². The summed E-state index contributed by atoms with van der Waals surface area (Å²) in [7, 11) is 0. The molecule has 1 heterocycles. The second-order valence-corrected chi connectivity index (χ2v) is 14.1. The van der Waals surface area contributed by atoms with E-state index in [1.165, 1.54) is 38.5 Å². The largest absolute Gasteiger partial charge is 0.309 e. The van der Waals surface area contributed by atoms with Crippen LogP contribution in [0.1, 0.15) is 0 Å². The molecule has 0 unspecified atom stereocenters. The first-order valence-corrected chi connectivity index (χ1v) is 19.2. The van der Waals surface area contributed by atoms with E-state index in [4.69, 9.17) is 0 Å². The van der Waals surface area contributed by atoms with Crippen LogP contribution < -0.4 is 4.90 Å². The molecule has 56 heavy (non-hydrogen) atoms. The van der Waals surface area contributed by atoms with Crippen molar-refractivity contribution < 1.29 is 0 Å². The van der Waals surface area contributed by atoms with Crippen LogP contribution in [0.15, 0.2) is 231 Å². The predicted octanol–water partition coefficient (Wildman–Crippen LogP) is 14.9. The van der Waals surface area contributed by atoms with Crippen molar-refractivity contribution in [2.75, 3.05) is 4.90 Å². The lowest BCUT2D eigenvalue weighted by molar-refractivity contribution is 1.18. The van der Waals surface area contributed by atoms with Crippen LogP contribution in [0.3, 0.4) is 0 Å². The minimum atomic E-state index is 1.08. The van der Waals surface area contributed by atoms with E-state index in [0.29, 0.717) is 0 Å². The van der Waals surface area contributed by atoms with E-state index in [2.05, 4.69) is 240 Å². The molecular formula is C54H38N2. The van der Waals surface area contributed by atoms with E-state index in [0.717, 1.165) is 50.5 Å². The van der Waals surface area contributed by atoms with Gasteiger partial charge in [0, 0.05) is 33.3 Å². The summed E-state index contributed by atoms with van der Waals surface area (Å²) in [5.41, 5.74) is 16.2. The molecule has 2 heteroatoms. The van der Waals surface area contributed by atoms with Crippen LogP contribution in [0, 0.1) is 0 Å². The Bertz CT molecular complexity index is 2930. The summed E-state index contributed by atoms with van der Waals surface area (Å²) in [5.74, 6) is 0. The monoisotopic (exact) mass is 714 g/mol. The molecule has 0 N–H and O–H groups in total. The van der Waals surface area contributed by atoms with E-state index in [1.807, 2.05) is 0 Å². The summed E-state index contributed by atoms with van der Waals surface area (Å²) in [4.78, 5) is 2.46. The first-order valence-electron chi connectivity index (χ1n) is 19.2. The van der Waals surface area contributed by atoms with Gasteiger partial charge in [0.15, 0.2) is 0 Å². The van der Waals surface area contributed by atoms with Gasteiger partial charge in [-0.3, -0.25) is 0 Å². The molecule has 0 aliphatic carbocycles. The molecule has 10 rings (SSSR count). The van der Waals surface area contributed by atoms with Gasteiger partial charge in [0.25, 0.3) is 0 Å². The molecule has 9 aromatic carbocycles. The maximum atomic E-state index is 2.46. The second-order valence-electron chi connectivity index (χ2n) is 14.1. The molecule has 0 aliphatic rings. The van der Waals surface area contributed by atoms with Crippen molar-refractivity contribution in [3.05, 3.63) is 231 Å². The molecule has 1 aromatic heterocycles. The lowest BCUT2D eigenvalue weighted by Gasteiger charge is -2.30. The fraction of sp³-hybridized carbons (Fsp3) is 0. The van der Waals surface area contributed by atoms with Crippen molar-refractivity contribution in [3.63, 3.8) is 0 Å². The molecule has 10 aromatic rings. The first-order chi connectivity index (χ1) is 27.8. The van der Waals surface area contributed by atoms with Gasteiger partial charge in [-0.25, -0.2) is 0 Å². The highest BCUT2D eigenvalue weighted by Gasteiger charge is 2.23. The Hall–Kier alpha value is -7.42. The summed E-state index contributed by atoms with van der Waals surface area (Å²) in [5, 5.41) is 2.46. The van der Waals surface area contributed by atoms with Gasteiger partial charge in [-0.1, -0.05) is 182 Å². The number of fused-ring (bicyclic) bond motifs is 3. The Labute approximate surface area is 327 Å². The third-order valence-corrected chi connectivity index (χ3v) is 10.8. The van der Waals surface area contributed by atoms with Gasteiger partial charge < -0.3 is 9.47 Å². The molecule has 0 saturated carbocycles. The summed E-state index contributed by atoms with van der Waals surface area (Å²) in [6, 6.07) is 83.2. The Morgan fingerprint density at radius 1 is 0.286 bits per heavy atom. The van der Waals surface area contributed by atoms with E-state index in [1.54, 1.807) is 0 Å². The molecule has 0 atom stereocenters. The number of rotatable bonds is 8. The zero-order valence-corrected chi connectivity index (χ0v) is 30.8. The van der Waals surface area contributed by atoms with Crippen LogP contribution in [-0.4, -0.2) is 4.57 Å². The number of hydrogen-bond donors (Lipinski definition) is 0. The van der Waals surface area contributed by atoms with Crippen LogP contribution in [-0.2, 0) is 0 Å². The minimum absolute atomic E-state index is 1.08. The topological polar surface area (TPSA) is 8.17 Å². The molecule has 0 saturated heterocycles. The number of hydrogen-bond acceptors (Lipinski definition) is 1. The van der Waals surface area contributed by atoms with E-state index in [9.17, 15) is 0 Å². The SMILES string of the molecule is c1ccc(-c2ccc(-c3ccccc3N(c3ccc4c5ccccc5n(-c5ccccc5)c4c3)c3ccc(-c4ccccc4)cc3-c3ccccc3)cc2)cc1. The fourth-order valence-electron chi connectivity index (χ4n) is 8.14. The standard InChI is InChI=1S/C54H38N2/c1-5-17-39(18-6-1)41-29-31-43(32-30-41)47-25-13-15-27-51(47)56(53-36-33-44(40-19-7-2-8-20-40)37-50(53)42-21-9-3-10-22-42)46-34-35-49-48-26-14-16-28-52(48)55(54(49)38-46)45-23-11-4-12-24-45/h1-38H. The van der Waals surface area contributed by atoms with Crippen molar-refractivity contribution in [2.24, 2.45) is 0 Å². The number of benzene rings is 9. The van der Waals surface area contributed by atoms with Crippen LogP contribution in [0.4, 0.5) is 17.1 Å². The Morgan fingerprint density at radius 2 is 0.768 bits per heavy atom. The van der Waals surface area contributed by atoms with E-state index < -0.39 is 0 Å². The second kappa shape index (κ2) is 14.4. The third kappa shape index (κ3) is 6.04. The molecule has 0 radical (unpaired) electrons. The molecule has 0 aliphatic heterocycles. The lowest BCUT2D eigenvalue weighted by Crippen LogP contribution is -2.13. The van der Waals surface area contributed by atoms with Gasteiger partial charge in [-0.05, 0) is 81.9 Å². The molecule has 0 fully saturated rings. The molecule has 264 valence electrons. The van der Waals surface area contributed by atoms with Crippen molar-refractivity contribution in [1.82, 2.24) is 4.57 Å². The van der Waals surface area contributed by atoms with E-state index in [-0.39, 0.29) is 0 Å². The Balaban J connectivity index is 1.24. The number of nitrogens with zero attached hydrogens (tertiary/aromatic N) is 2. The minimum Gasteiger partial charge on any atom is -0.309 e. The average Bonchev–Trinajstić information content (AvgIpc) is 3.62. The van der Waals surface area contributed by atoms with Crippen LogP contribution in [0.25, 0.3) is 72.0 Å². The highest BCUT2D eigenvalue weighted by Crippen LogP contribution is 2.47. The zero-order valence-electron chi connectivity index (χ0n) is 30.8. The number of aromatic nitrogens is 1. The molecule has 0 bridgehead atoms. The van der Waals surface area contributed by atoms with Gasteiger partial charge in [0.1, 0.15) is 0 Å². The summed E-state index contributed by atoms with van der Waals surface area (Å²) in [6.45, 7) is 0. The predicted molar refractivity (Wildman–Crippen MR) is 237 cm³/mol. The normalized spacial score (nSPS) is 11.2. The first kappa shape index (κ1) is 33.2. The molecule has 0 amide bonds. The third-order valence-electron chi connectivity index (χ3n) is 10.8. The van der Waals surface area contributed by atoms with E-state index >= 15 is 0 Å². The number of anilines is 3. The fourth-order valence-corrected chi connectivity index (χ4v) is 8.14. The van der Waals surface area contributed by atoms with Gasteiger partial charge in [0.2, 0.25) is 0 Å². The lowest BCUT2D eigenvalue weighted by atomic mass is 9.95. The Morgan fingerprint density at radius 3 is 1.48 bits per heavy atom. The number of para-hydroxylation sites is 3. The van der Waals surface area contributed by atoms with Crippen LogP contribution in [0.5, 0.6) is 0 Å². The van der Waals surface area contributed by atoms with Crippen LogP contribution in [0.2, 0.25) is 0 Å². The van der Waals surface area contributed by atoms with Crippen molar-refractivity contribution in [3.8, 4) is 50.2 Å². The summed E-state index contributed by atoms with van der Waals surface area (Å²) in [6.07, 6.45) is 0. The Kier molecular flexibility index (Phi) is 8.55. The van der Waals surface area contributed by atoms with Crippen molar-refractivity contribution >= 4 is 38.9 Å². The van der Waals surface area contributed by atoms with Gasteiger partial charge in [-0.2, -0.15) is 0 Å². The maximum Gasteiger partial charge on any atom is 0.0561 e. The van der Waals surface area contributed by atoms with Gasteiger partial charge in [-0.15, -0.1) is 0 Å². The van der Waals surface area contributed by atoms with Crippen LogP contribution >= 0.6 is 0 Å². The van der Waals surface area contributed by atoms with Gasteiger partial charge >= 0.3 is 0 Å². The zero-order chi connectivity index (χ0) is 37.3. The maximum absolute atomic E-state index is 2.46. The van der Waals surface area contributed by atoms with Crippen molar-refractivity contribution in [1.29, 1.82) is 0 Å². The molecule has 0 spiro atoms. The highest BCUT2D eigenvalue weighted by molar-refractivity contribution is 6.11. The summed E-state index contributed by atoms with van der Waals surface area (Å²) >= 11 is 0. The average molecular weight is 715 g/mol. The smallest absolute Gasteiger partial charge is 0.0561 e. The molecule has 2 nitrogen and oxygen atoms in total. The summed E-state index contributed by atoms with van der Waals surface area (Å²) < 4.78 is 2.40.